The largest absolute Gasteiger partial charge is 0.383 e. The Bertz CT molecular complexity index is 328. The predicted octanol–water partition coefficient (Wildman–Crippen LogP) is 0.436. The molecule has 0 aliphatic carbocycles. The van der Waals surface area contributed by atoms with Crippen molar-refractivity contribution >= 4 is 17.4 Å². The summed E-state index contributed by atoms with van der Waals surface area (Å²) in [5, 5.41) is 2.65. The Kier molecular flexibility index (Phi) is 4.42. The Morgan fingerprint density at radius 1 is 1.79 bits per heavy atom. The molecule has 0 bridgehead atoms. The second kappa shape index (κ2) is 5.62. The number of halogens is 1. The number of aromatic nitrogens is 2. The molecule has 0 spiro atoms. The molecule has 0 saturated heterocycles. The van der Waals surface area contributed by atoms with E-state index in [0.717, 1.165) is 0 Å². The molecule has 78 valence electrons. The van der Waals surface area contributed by atoms with Crippen molar-refractivity contribution in [1.29, 1.82) is 0 Å². The fourth-order valence-electron chi connectivity index (χ4n) is 0.925. The van der Waals surface area contributed by atoms with Crippen LogP contribution >= 0.6 is 11.6 Å². The molecule has 2 N–H and O–H groups in total. The van der Waals surface area contributed by atoms with Gasteiger partial charge in [0.2, 0.25) is 0 Å². The van der Waals surface area contributed by atoms with Gasteiger partial charge in [-0.3, -0.25) is 4.79 Å². The lowest BCUT2D eigenvalue weighted by Gasteiger charge is -2.08. The minimum atomic E-state index is -0.256. The van der Waals surface area contributed by atoms with Gasteiger partial charge in [-0.2, -0.15) is 0 Å². The van der Waals surface area contributed by atoms with Gasteiger partial charge in [0.15, 0.2) is 5.82 Å². The molecule has 1 aromatic rings. The first kappa shape index (κ1) is 11.0. The average Bonchev–Trinajstić information content (AvgIpc) is 2.17. The second-order valence-electron chi connectivity index (χ2n) is 2.70. The van der Waals surface area contributed by atoms with Gasteiger partial charge in [-0.05, 0) is 0 Å². The first-order chi connectivity index (χ1) is 6.74. The third-order valence-corrected chi connectivity index (χ3v) is 1.83. The molecule has 6 heteroatoms. The van der Waals surface area contributed by atoms with Crippen molar-refractivity contribution in [3.05, 3.63) is 22.7 Å². The van der Waals surface area contributed by atoms with E-state index in [1.54, 1.807) is 7.11 Å². The van der Waals surface area contributed by atoms with Gasteiger partial charge in [0.05, 0.1) is 12.0 Å². The summed E-state index contributed by atoms with van der Waals surface area (Å²) in [7, 11) is 1.57. The monoisotopic (exact) mass is 217 g/mol. The average molecular weight is 218 g/mol. The number of H-pyrrole nitrogens is 1. The lowest BCUT2D eigenvalue weighted by atomic mass is 10.4. The summed E-state index contributed by atoms with van der Waals surface area (Å²) in [4.78, 5) is 17.5. The van der Waals surface area contributed by atoms with Crippen LogP contribution in [0.4, 0.5) is 5.82 Å². The van der Waals surface area contributed by atoms with Gasteiger partial charge in [-0.15, -0.1) is 11.6 Å². The van der Waals surface area contributed by atoms with E-state index in [-0.39, 0.29) is 16.8 Å². The highest BCUT2D eigenvalue weighted by Crippen LogP contribution is 1.97. The van der Waals surface area contributed by atoms with E-state index in [2.05, 4.69) is 15.3 Å². The number of methoxy groups -OCH3 is 1. The molecular weight excluding hydrogens is 206 g/mol. The third kappa shape index (κ3) is 3.35. The van der Waals surface area contributed by atoms with E-state index in [1.165, 1.54) is 12.4 Å². The van der Waals surface area contributed by atoms with Gasteiger partial charge >= 0.3 is 0 Å². The van der Waals surface area contributed by atoms with E-state index < -0.39 is 0 Å². The van der Waals surface area contributed by atoms with E-state index >= 15 is 0 Å². The smallest absolute Gasteiger partial charge is 0.290 e. The van der Waals surface area contributed by atoms with Crippen LogP contribution < -0.4 is 10.9 Å². The summed E-state index contributed by atoms with van der Waals surface area (Å²) in [5.41, 5.74) is -0.256. The topological polar surface area (TPSA) is 67.0 Å². The fraction of sp³-hybridized carbons (Fsp3) is 0.500. The number of aromatic amines is 1. The molecule has 1 unspecified atom stereocenters. The molecule has 0 saturated carbocycles. The van der Waals surface area contributed by atoms with Crippen LogP contribution in [-0.4, -0.2) is 35.6 Å². The van der Waals surface area contributed by atoms with Gasteiger partial charge in [-0.1, -0.05) is 0 Å². The minimum absolute atomic E-state index is 0.179. The fourth-order valence-corrected chi connectivity index (χ4v) is 1.13. The minimum Gasteiger partial charge on any atom is -0.383 e. The Hall–Kier alpha value is -1.07. The quantitative estimate of drug-likeness (QED) is 0.703. The number of hydrogen-bond donors (Lipinski definition) is 2. The van der Waals surface area contributed by atoms with Gasteiger partial charge in [0, 0.05) is 26.0 Å². The molecule has 0 amide bonds. The molecule has 1 rings (SSSR count). The van der Waals surface area contributed by atoms with E-state index in [0.29, 0.717) is 13.2 Å². The second-order valence-corrected chi connectivity index (χ2v) is 3.32. The Labute approximate surface area is 86.5 Å². The van der Waals surface area contributed by atoms with E-state index in [1.807, 2.05) is 0 Å². The van der Waals surface area contributed by atoms with Gasteiger partial charge < -0.3 is 15.0 Å². The normalized spacial score (nSPS) is 12.4. The summed E-state index contributed by atoms with van der Waals surface area (Å²) >= 11 is 5.86. The van der Waals surface area contributed by atoms with Crippen molar-refractivity contribution in [3.63, 3.8) is 0 Å². The number of alkyl halides is 1. The maximum Gasteiger partial charge on any atom is 0.290 e. The predicted molar refractivity (Wildman–Crippen MR) is 54.9 cm³/mol. The SMILES string of the molecule is COCC(Cl)CNc1ncc[nH]c1=O. The Balaban J connectivity index is 2.46. The number of nitrogens with one attached hydrogen (secondary N) is 2. The van der Waals surface area contributed by atoms with Crippen LogP contribution in [0.15, 0.2) is 17.2 Å². The number of hydrogen-bond acceptors (Lipinski definition) is 4. The van der Waals surface area contributed by atoms with Crippen molar-refractivity contribution in [1.82, 2.24) is 9.97 Å². The molecule has 1 aromatic heterocycles. The number of anilines is 1. The van der Waals surface area contributed by atoms with E-state index in [9.17, 15) is 4.79 Å². The number of rotatable bonds is 5. The maximum atomic E-state index is 11.1. The molecule has 0 aliphatic heterocycles. The summed E-state index contributed by atoms with van der Waals surface area (Å²) in [5.74, 6) is 0.272. The van der Waals surface area contributed by atoms with Crippen molar-refractivity contribution in [3.8, 4) is 0 Å². The molecule has 0 aliphatic rings. The number of ether oxygens (including phenoxy) is 1. The lowest BCUT2D eigenvalue weighted by Crippen LogP contribution is -2.23. The highest BCUT2D eigenvalue weighted by atomic mass is 35.5. The molecule has 1 atom stereocenters. The van der Waals surface area contributed by atoms with Crippen LogP contribution in [0, 0.1) is 0 Å². The van der Waals surface area contributed by atoms with Crippen LogP contribution in [0.1, 0.15) is 0 Å². The first-order valence-electron chi connectivity index (χ1n) is 4.14. The standard InChI is InChI=1S/C8H12ClN3O2/c1-14-5-6(9)4-12-7-8(13)11-3-2-10-7/h2-3,6H,4-5H2,1H3,(H,10,12)(H,11,13). The number of nitrogens with zero attached hydrogens (tertiary/aromatic N) is 1. The van der Waals surface area contributed by atoms with Crippen LogP contribution in [0.3, 0.4) is 0 Å². The van der Waals surface area contributed by atoms with Crippen LogP contribution in [-0.2, 0) is 4.74 Å². The first-order valence-corrected chi connectivity index (χ1v) is 4.58. The van der Waals surface area contributed by atoms with Crippen LogP contribution in [0.5, 0.6) is 0 Å². The Morgan fingerprint density at radius 2 is 2.57 bits per heavy atom. The van der Waals surface area contributed by atoms with Crippen molar-refractivity contribution < 1.29 is 4.74 Å². The highest BCUT2D eigenvalue weighted by Gasteiger charge is 2.05. The summed E-state index contributed by atoms with van der Waals surface area (Å²) in [6, 6.07) is 0. The summed E-state index contributed by atoms with van der Waals surface area (Å²) in [6.07, 6.45) is 2.98. The molecule has 1 heterocycles. The van der Waals surface area contributed by atoms with Gasteiger partial charge in [0.1, 0.15) is 0 Å². The zero-order chi connectivity index (χ0) is 10.4. The molecule has 5 nitrogen and oxygen atoms in total. The van der Waals surface area contributed by atoms with Crippen LogP contribution in [0.2, 0.25) is 0 Å². The molecule has 0 radical (unpaired) electrons. The van der Waals surface area contributed by atoms with Crippen molar-refractivity contribution in [2.75, 3.05) is 25.6 Å². The van der Waals surface area contributed by atoms with Gasteiger partial charge in [-0.25, -0.2) is 4.98 Å². The highest BCUT2D eigenvalue weighted by molar-refractivity contribution is 6.21. The summed E-state index contributed by atoms with van der Waals surface area (Å²) < 4.78 is 4.84. The zero-order valence-corrected chi connectivity index (χ0v) is 8.54. The summed E-state index contributed by atoms with van der Waals surface area (Å²) in [6.45, 7) is 0.870. The zero-order valence-electron chi connectivity index (χ0n) is 7.79. The van der Waals surface area contributed by atoms with Crippen molar-refractivity contribution in [2.24, 2.45) is 0 Å². The molecular formula is C8H12ClN3O2. The molecule has 14 heavy (non-hydrogen) atoms. The van der Waals surface area contributed by atoms with Crippen molar-refractivity contribution in [2.45, 2.75) is 5.38 Å². The van der Waals surface area contributed by atoms with Gasteiger partial charge in [0.25, 0.3) is 5.56 Å². The Morgan fingerprint density at radius 3 is 3.21 bits per heavy atom. The lowest BCUT2D eigenvalue weighted by molar-refractivity contribution is 0.200. The molecule has 0 aromatic carbocycles. The molecule has 0 fully saturated rings. The van der Waals surface area contributed by atoms with Crippen LogP contribution in [0.25, 0.3) is 0 Å². The van der Waals surface area contributed by atoms with E-state index in [4.69, 9.17) is 16.3 Å². The maximum absolute atomic E-state index is 11.1. The third-order valence-electron chi connectivity index (χ3n) is 1.55.